The first kappa shape index (κ1) is 16.3. The van der Waals surface area contributed by atoms with E-state index in [1.807, 2.05) is 24.3 Å². The Labute approximate surface area is 155 Å². The molecular formula is C20H18BrNO3. The lowest BCUT2D eigenvalue weighted by Crippen LogP contribution is -2.31. The first-order chi connectivity index (χ1) is 12.2. The molecule has 4 rings (SSSR count). The van der Waals surface area contributed by atoms with Gasteiger partial charge >= 0.3 is 0 Å². The van der Waals surface area contributed by atoms with Gasteiger partial charge in [0.15, 0.2) is 11.5 Å². The van der Waals surface area contributed by atoms with Gasteiger partial charge in [0.05, 0.1) is 7.11 Å². The highest BCUT2D eigenvalue weighted by Gasteiger charge is 2.33. The maximum Gasteiger partial charge on any atom is 0.231 e. The largest absolute Gasteiger partial charge is 0.492 e. The zero-order valence-corrected chi connectivity index (χ0v) is 15.7. The first-order valence-corrected chi connectivity index (χ1v) is 8.93. The Hall–Kier alpha value is -2.16. The predicted molar refractivity (Wildman–Crippen MR) is 99.2 cm³/mol. The summed E-state index contributed by atoms with van der Waals surface area (Å²) >= 11 is 3.45. The van der Waals surface area contributed by atoms with Gasteiger partial charge in [-0.1, -0.05) is 27.8 Å². The molecule has 0 aliphatic carbocycles. The van der Waals surface area contributed by atoms with Crippen LogP contribution in [0.5, 0.6) is 17.2 Å². The van der Waals surface area contributed by atoms with Gasteiger partial charge in [-0.05, 0) is 49.4 Å². The summed E-state index contributed by atoms with van der Waals surface area (Å²) in [6.45, 7) is 1.18. The standard InChI is InChI=1S/C20H18BrNO3/c1-22-10-9-14-11-17-19(25-12-24-17)20(23-2)18(14)16(22)8-5-13-3-6-15(21)7-4-13/h3-4,6-7,11,16H,9-10,12H2,1-2H3. The third-order valence-electron chi connectivity index (χ3n) is 4.59. The van der Waals surface area contributed by atoms with E-state index in [2.05, 4.69) is 45.8 Å². The van der Waals surface area contributed by atoms with E-state index < -0.39 is 0 Å². The highest BCUT2D eigenvalue weighted by molar-refractivity contribution is 9.10. The number of hydrogen-bond acceptors (Lipinski definition) is 4. The van der Waals surface area contributed by atoms with Crippen molar-refractivity contribution in [1.82, 2.24) is 4.90 Å². The number of benzene rings is 2. The molecular weight excluding hydrogens is 382 g/mol. The second-order valence-electron chi connectivity index (χ2n) is 6.13. The molecule has 0 fully saturated rings. The van der Waals surface area contributed by atoms with E-state index in [9.17, 15) is 0 Å². The maximum atomic E-state index is 5.70. The van der Waals surface area contributed by atoms with Crippen LogP contribution in [0.15, 0.2) is 34.8 Å². The van der Waals surface area contributed by atoms with Crippen LogP contribution in [0.3, 0.4) is 0 Å². The molecule has 2 aliphatic rings. The monoisotopic (exact) mass is 399 g/mol. The molecule has 0 saturated heterocycles. The molecule has 0 bridgehead atoms. The molecule has 25 heavy (non-hydrogen) atoms. The molecule has 128 valence electrons. The summed E-state index contributed by atoms with van der Waals surface area (Å²) in [5.41, 5.74) is 3.29. The zero-order chi connectivity index (χ0) is 17.4. The minimum atomic E-state index is -0.0446. The molecule has 0 radical (unpaired) electrons. The summed E-state index contributed by atoms with van der Waals surface area (Å²) in [6, 6.07) is 10.1. The Morgan fingerprint density at radius 2 is 2.04 bits per heavy atom. The van der Waals surface area contributed by atoms with Crippen LogP contribution in [0.2, 0.25) is 0 Å². The van der Waals surface area contributed by atoms with Crippen LogP contribution in [-0.4, -0.2) is 32.4 Å². The van der Waals surface area contributed by atoms with Crippen LogP contribution in [0, 0.1) is 11.8 Å². The summed E-state index contributed by atoms with van der Waals surface area (Å²) < 4.78 is 17.9. The van der Waals surface area contributed by atoms with Gasteiger partial charge in [-0.2, -0.15) is 0 Å². The molecule has 4 nitrogen and oxygen atoms in total. The normalized spacial score (nSPS) is 18.3. The van der Waals surface area contributed by atoms with E-state index in [1.54, 1.807) is 7.11 Å². The quantitative estimate of drug-likeness (QED) is 0.683. The number of ether oxygens (including phenoxy) is 3. The predicted octanol–water partition coefficient (Wildman–Crippen LogP) is 3.77. The fourth-order valence-electron chi connectivity index (χ4n) is 3.30. The third kappa shape index (κ3) is 2.97. The topological polar surface area (TPSA) is 30.9 Å². The van der Waals surface area contributed by atoms with Crippen LogP contribution >= 0.6 is 15.9 Å². The number of likely N-dealkylation sites (N-methyl/N-ethyl adjacent to an activating group) is 1. The highest BCUT2D eigenvalue weighted by Crippen LogP contribution is 2.49. The van der Waals surface area contributed by atoms with Crippen molar-refractivity contribution in [3.8, 4) is 29.1 Å². The summed E-state index contributed by atoms with van der Waals surface area (Å²) in [5, 5.41) is 0. The molecule has 1 atom stereocenters. The average molecular weight is 400 g/mol. The maximum absolute atomic E-state index is 5.70. The van der Waals surface area contributed by atoms with Crippen LogP contribution in [0.25, 0.3) is 0 Å². The zero-order valence-electron chi connectivity index (χ0n) is 14.1. The van der Waals surface area contributed by atoms with Crippen LogP contribution < -0.4 is 14.2 Å². The fourth-order valence-corrected chi connectivity index (χ4v) is 3.56. The number of hydrogen-bond donors (Lipinski definition) is 0. The molecule has 2 aromatic rings. The van der Waals surface area contributed by atoms with Crippen molar-refractivity contribution in [3.63, 3.8) is 0 Å². The second kappa shape index (κ2) is 6.62. The lowest BCUT2D eigenvalue weighted by Gasteiger charge is -2.32. The summed E-state index contributed by atoms with van der Waals surface area (Å²) in [4.78, 5) is 2.25. The molecule has 0 N–H and O–H groups in total. The molecule has 0 saturated carbocycles. The Morgan fingerprint density at radius 1 is 1.24 bits per heavy atom. The van der Waals surface area contributed by atoms with Crippen molar-refractivity contribution in [2.24, 2.45) is 0 Å². The Balaban J connectivity index is 1.79. The van der Waals surface area contributed by atoms with Crippen molar-refractivity contribution in [3.05, 3.63) is 51.5 Å². The van der Waals surface area contributed by atoms with Crippen molar-refractivity contribution < 1.29 is 14.2 Å². The summed E-state index contributed by atoms with van der Waals surface area (Å²) in [7, 11) is 3.76. The van der Waals surface area contributed by atoms with E-state index >= 15 is 0 Å². The van der Waals surface area contributed by atoms with Gasteiger partial charge in [0.2, 0.25) is 12.5 Å². The Morgan fingerprint density at radius 3 is 2.80 bits per heavy atom. The summed E-state index contributed by atoms with van der Waals surface area (Å²) in [6.07, 6.45) is 0.940. The lowest BCUT2D eigenvalue weighted by atomic mass is 9.91. The van der Waals surface area contributed by atoms with Crippen LogP contribution in [-0.2, 0) is 6.42 Å². The Kier molecular flexibility index (Phi) is 4.32. The number of halogens is 1. The average Bonchev–Trinajstić information content (AvgIpc) is 3.08. The van der Waals surface area contributed by atoms with E-state index in [1.165, 1.54) is 5.56 Å². The van der Waals surface area contributed by atoms with Gasteiger partial charge in [0.25, 0.3) is 0 Å². The van der Waals surface area contributed by atoms with Crippen molar-refractivity contribution >= 4 is 15.9 Å². The first-order valence-electron chi connectivity index (χ1n) is 8.14. The molecule has 5 heteroatoms. The van der Waals surface area contributed by atoms with E-state index in [4.69, 9.17) is 14.2 Å². The molecule has 0 spiro atoms. The van der Waals surface area contributed by atoms with E-state index in [0.717, 1.165) is 40.1 Å². The SMILES string of the molecule is COc1c2c(cc3c1C(C#Cc1ccc(Br)cc1)N(C)CC3)OCO2. The van der Waals surface area contributed by atoms with Gasteiger partial charge in [-0.25, -0.2) is 0 Å². The number of methoxy groups -OCH3 is 1. The smallest absolute Gasteiger partial charge is 0.231 e. The van der Waals surface area contributed by atoms with Crippen LogP contribution in [0.1, 0.15) is 22.7 Å². The Bertz CT molecular complexity index is 867. The lowest BCUT2D eigenvalue weighted by molar-refractivity contribution is 0.171. The van der Waals surface area contributed by atoms with E-state index in [-0.39, 0.29) is 12.8 Å². The molecule has 1 unspecified atom stereocenters. The minimum Gasteiger partial charge on any atom is -0.492 e. The van der Waals surface area contributed by atoms with Gasteiger partial charge in [-0.15, -0.1) is 0 Å². The van der Waals surface area contributed by atoms with Gasteiger partial charge in [0, 0.05) is 22.1 Å². The molecule has 2 aliphatic heterocycles. The molecule has 0 amide bonds. The minimum absolute atomic E-state index is 0.0446. The van der Waals surface area contributed by atoms with Crippen molar-refractivity contribution in [2.45, 2.75) is 12.5 Å². The van der Waals surface area contributed by atoms with Crippen molar-refractivity contribution in [1.29, 1.82) is 0 Å². The molecule has 0 aromatic heterocycles. The fraction of sp³-hybridized carbons (Fsp3) is 0.300. The summed E-state index contributed by atoms with van der Waals surface area (Å²) in [5.74, 6) is 8.90. The highest BCUT2D eigenvalue weighted by atomic mass is 79.9. The van der Waals surface area contributed by atoms with Crippen molar-refractivity contribution in [2.75, 3.05) is 27.5 Å². The van der Waals surface area contributed by atoms with Gasteiger partial charge < -0.3 is 14.2 Å². The molecule has 2 aromatic carbocycles. The van der Waals surface area contributed by atoms with E-state index in [0.29, 0.717) is 5.75 Å². The number of rotatable bonds is 1. The number of nitrogens with zero attached hydrogens (tertiary/aromatic N) is 1. The third-order valence-corrected chi connectivity index (χ3v) is 5.12. The number of fused-ring (bicyclic) bond motifs is 2. The van der Waals surface area contributed by atoms with Gasteiger partial charge in [-0.3, -0.25) is 4.90 Å². The second-order valence-corrected chi connectivity index (χ2v) is 7.04. The van der Waals surface area contributed by atoms with Crippen LogP contribution in [0.4, 0.5) is 0 Å². The van der Waals surface area contributed by atoms with Gasteiger partial charge in [0.1, 0.15) is 6.04 Å². The molecule has 2 heterocycles.